The number of benzene rings is 1. The molecule has 27 heavy (non-hydrogen) atoms. The first-order valence-corrected chi connectivity index (χ1v) is 10.0. The molecule has 1 aromatic carbocycles. The van der Waals surface area contributed by atoms with Crippen LogP contribution < -0.4 is 14.8 Å². The molecule has 0 spiro atoms. The number of hydrogen-bond donors (Lipinski definition) is 1. The molecular formula is C18H23N3O5S. The Labute approximate surface area is 159 Å². The molecule has 0 aliphatic heterocycles. The van der Waals surface area contributed by atoms with Crippen molar-refractivity contribution in [2.75, 3.05) is 32.3 Å². The third-order valence-corrected chi connectivity index (χ3v) is 5.10. The average Bonchev–Trinajstić information content (AvgIpc) is 2.65. The number of hydrogen-bond acceptors (Lipinski definition) is 6. The molecule has 9 heteroatoms. The molecule has 0 aliphatic carbocycles. The Morgan fingerprint density at radius 3 is 2.44 bits per heavy atom. The van der Waals surface area contributed by atoms with Crippen LogP contribution in [0.25, 0.3) is 0 Å². The molecule has 1 amide bonds. The number of aromatic nitrogens is 1. The summed E-state index contributed by atoms with van der Waals surface area (Å²) in [5, 5.41) is 2.73. The van der Waals surface area contributed by atoms with Gasteiger partial charge in [-0.15, -0.1) is 0 Å². The van der Waals surface area contributed by atoms with Gasteiger partial charge in [-0.05, 0) is 29.8 Å². The number of nitrogens with one attached hydrogen (secondary N) is 1. The van der Waals surface area contributed by atoms with E-state index in [1.807, 2.05) is 0 Å². The number of ether oxygens (including phenoxy) is 2. The van der Waals surface area contributed by atoms with Crippen molar-refractivity contribution in [1.82, 2.24) is 9.29 Å². The highest BCUT2D eigenvalue weighted by Gasteiger charge is 2.19. The van der Waals surface area contributed by atoms with E-state index in [2.05, 4.69) is 10.3 Å². The number of pyridine rings is 1. The summed E-state index contributed by atoms with van der Waals surface area (Å²) in [6.45, 7) is 0.242. The van der Waals surface area contributed by atoms with Crippen molar-refractivity contribution in [2.24, 2.45) is 0 Å². The molecule has 0 unspecified atom stereocenters. The van der Waals surface area contributed by atoms with Crippen LogP contribution in [-0.4, -0.2) is 50.6 Å². The normalized spacial score (nSPS) is 11.3. The van der Waals surface area contributed by atoms with Gasteiger partial charge in [0.15, 0.2) is 0 Å². The number of carbonyl (C=O) groups is 1. The maximum atomic E-state index is 12.3. The van der Waals surface area contributed by atoms with Crippen molar-refractivity contribution in [3.8, 4) is 11.5 Å². The van der Waals surface area contributed by atoms with E-state index in [1.54, 1.807) is 42.7 Å². The molecule has 0 atom stereocenters. The SMILES string of the molecule is COc1ccc(NC(=O)CCN(Cc2ccncc2)S(C)(=O)=O)c(OC)c1. The molecule has 0 aliphatic rings. The van der Waals surface area contributed by atoms with Crippen LogP contribution in [0.5, 0.6) is 11.5 Å². The number of amides is 1. The molecule has 0 saturated carbocycles. The summed E-state index contributed by atoms with van der Waals surface area (Å²) < 4.78 is 35.7. The first-order valence-electron chi connectivity index (χ1n) is 8.19. The van der Waals surface area contributed by atoms with E-state index < -0.39 is 10.0 Å². The minimum Gasteiger partial charge on any atom is -0.497 e. The highest BCUT2D eigenvalue weighted by Crippen LogP contribution is 2.29. The van der Waals surface area contributed by atoms with Crippen LogP contribution in [0.3, 0.4) is 0 Å². The lowest BCUT2D eigenvalue weighted by molar-refractivity contribution is -0.116. The zero-order valence-corrected chi connectivity index (χ0v) is 16.3. The van der Waals surface area contributed by atoms with E-state index in [-0.39, 0.29) is 25.4 Å². The molecule has 2 rings (SSSR count). The lowest BCUT2D eigenvalue weighted by atomic mass is 10.2. The van der Waals surface area contributed by atoms with Gasteiger partial charge in [0.2, 0.25) is 15.9 Å². The third kappa shape index (κ3) is 6.22. The molecule has 0 bridgehead atoms. The Kier molecular flexibility index (Phi) is 7.14. The summed E-state index contributed by atoms with van der Waals surface area (Å²) in [7, 11) is -0.434. The van der Waals surface area contributed by atoms with E-state index in [9.17, 15) is 13.2 Å². The van der Waals surface area contributed by atoms with Crippen molar-refractivity contribution >= 4 is 21.6 Å². The van der Waals surface area contributed by atoms with Crippen LogP contribution in [0.1, 0.15) is 12.0 Å². The van der Waals surface area contributed by atoms with E-state index in [4.69, 9.17) is 9.47 Å². The van der Waals surface area contributed by atoms with E-state index in [0.717, 1.165) is 11.8 Å². The van der Waals surface area contributed by atoms with Gasteiger partial charge in [-0.25, -0.2) is 8.42 Å². The summed E-state index contributed by atoms with van der Waals surface area (Å²) in [6, 6.07) is 8.49. The molecule has 1 heterocycles. The number of sulfonamides is 1. The highest BCUT2D eigenvalue weighted by molar-refractivity contribution is 7.88. The minimum absolute atomic E-state index is 0.00728. The van der Waals surface area contributed by atoms with Crippen molar-refractivity contribution in [2.45, 2.75) is 13.0 Å². The molecule has 1 aromatic heterocycles. The molecule has 146 valence electrons. The number of nitrogens with zero attached hydrogens (tertiary/aromatic N) is 2. The molecule has 0 fully saturated rings. The smallest absolute Gasteiger partial charge is 0.225 e. The second kappa shape index (κ2) is 9.33. The maximum Gasteiger partial charge on any atom is 0.225 e. The van der Waals surface area contributed by atoms with Crippen LogP contribution in [0.2, 0.25) is 0 Å². The fraction of sp³-hybridized carbons (Fsp3) is 0.333. The first-order chi connectivity index (χ1) is 12.8. The largest absolute Gasteiger partial charge is 0.497 e. The lowest BCUT2D eigenvalue weighted by Gasteiger charge is -2.20. The predicted octanol–water partition coefficient (Wildman–Crippen LogP) is 1.89. The number of rotatable bonds is 9. The second-order valence-electron chi connectivity index (χ2n) is 5.82. The van der Waals surface area contributed by atoms with Gasteiger partial charge in [-0.2, -0.15) is 4.31 Å². The minimum atomic E-state index is -3.46. The van der Waals surface area contributed by atoms with Crippen LogP contribution >= 0.6 is 0 Å². The van der Waals surface area contributed by atoms with Gasteiger partial charge in [0, 0.05) is 38.0 Å². The molecular weight excluding hydrogens is 370 g/mol. The maximum absolute atomic E-state index is 12.3. The Morgan fingerprint density at radius 1 is 1.15 bits per heavy atom. The van der Waals surface area contributed by atoms with Gasteiger partial charge in [0.25, 0.3) is 0 Å². The number of anilines is 1. The molecule has 8 nitrogen and oxygen atoms in total. The molecule has 0 saturated heterocycles. The van der Waals surface area contributed by atoms with E-state index >= 15 is 0 Å². The predicted molar refractivity (Wildman–Crippen MR) is 102 cm³/mol. The monoisotopic (exact) mass is 393 g/mol. The van der Waals surface area contributed by atoms with Gasteiger partial charge in [0.1, 0.15) is 11.5 Å². The fourth-order valence-electron chi connectivity index (χ4n) is 2.39. The number of carbonyl (C=O) groups excluding carboxylic acids is 1. The zero-order valence-electron chi connectivity index (χ0n) is 15.5. The standard InChI is InChI=1S/C18H23N3O5S/c1-25-15-4-5-16(17(12-15)26-2)20-18(22)8-11-21(27(3,23)24)13-14-6-9-19-10-7-14/h4-7,9-10,12H,8,11,13H2,1-3H3,(H,20,22). The number of methoxy groups -OCH3 is 2. The lowest BCUT2D eigenvalue weighted by Crippen LogP contribution is -2.32. The van der Waals surface area contributed by atoms with Crippen molar-refractivity contribution in [3.05, 3.63) is 48.3 Å². The van der Waals surface area contributed by atoms with Gasteiger partial charge in [-0.1, -0.05) is 0 Å². The molecule has 0 radical (unpaired) electrons. The van der Waals surface area contributed by atoms with Gasteiger partial charge in [0.05, 0.1) is 26.2 Å². The average molecular weight is 393 g/mol. The van der Waals surface area contributed by atoms with Crippen LogP contribution in [0.4, 0.5) is 5.69 Å². The molecule has 1 N–H and O–H groups in total. The Bertz CT molecular complexity index is 872. The first kappa shape index (κ1) is 20.7. The Morgan fingerprint density at radius 2 is 1.85 bits per heavy atom. The fourth-order valence-corrected chi connectivity index (χ4v) is 3.20. The highest BCUT2D eigenvalue weighted by atomic mass is 32.2. The topological polar surface area (TPSA) is 97.8 Å². The summed E-state index contributed by atoms with van der Waals surface area (Å²) in [6.07, 6.45) is 4.32. The van der Waals surface area contributed by atoms with Crippen LogP contribution in [-0.2, 0) is 21.4 Å². The quantitative estimate of drug-likeness (QED) is 0.699. The molecule has 2 aromatic rings. The summed E-state index contributed by atoms with van der Waals surface area (Å²) in [4.78, 5) is 16.2. The summed E-state index contributed by atoms with van der Waals surface area (Å²) in [5.41, 5.74) is 1.29. The summed E-state index contributed by atoms with van der Waals surface area (Å²) >= 11 is 0. The van der Waals surface area contributed by atoms with Crippen LogP contribution in [0, 0.1) is 0 Å². The van der Waals surface area contributed by atoms with Crippen molar-refractivity contribution in [1.29, 1.82) is 0 Å². The third-order valence-electron chi connectivity index (χ3n) is 3.85. The summed E-state index contributed by atoms with van der Waals surface area (Å²) in [5.74, 6) is 0.742. The van der Waals surface area contributed by atoms with Gasteiger partial charge in [-0.3, -0.25) is 9.78 Å². The van der Waals surface area contributed by atoms with Gasteiger partial charge < -0.3 is 14.8 Å². The second-order valence-corrected chi connectivity index (χ2v) is 7.80. The van der Waals surface area contributed by atoms with Crippen molar-refractivity contribution < 1.29 is 22.7 Å². The Hall–Kier alpha value is -2.65. The van der Waals surface area contributed by atoms with Crippen molar-refractivity contribution in [3.63, 3.8) is 0 Å². The van der Waals surface area contributed by atoms with E-state index in [1.165, 1.54) is 18.5 Å². The zero-order chi connectivity index (χ0) is 19.9. The van der Waals surface area contributed by atoms with E-state index in [0.29, 0.717) is 17.2 Å². The Balaban J connectivity index is 2.01. The van der Waals surface area contributed by atoms with Gasteiger partial charge >= 0.3 is 0 Å². The van der Waals surface area contributed by atoms with Crippen LogP contribution in [0.15, 0.2) is 42.7 Å².